The van der Waals surface area contributed by atoms with E-state index in [-0.39, 0.29) is 5.60 Å². The maximum absolute atomic E-state index is 6.69. The summed E-state index contributed by atoms with van der Waals surface area (Å²) in [4.78, 5) is 2.55. The largest absolute Gasteiger partial charge is 0.486 e. The normalized spacial score (nSPS) is 26.3. The van der Waals surface area contributed by atoms with E-state index in [1.165, 1.54) is 29.7 Å². The molecule has 5 nitrogen and oxygen atoms in total. The summed E-state index contributed by atoms with van der Waals surface area (Å²) >= 11 is 0. The highest BCUT2D eigenvalue weighted by molar-refractivity contribution is 5.35. The van der Waals surface area contributed by atoms with Gasteiger partial charge in [-0.25, -0.2) is 0 Å². The minimum Gasteiger partial charge on any atom is -0.486 e. The Morgan fingerprint density at radius 3 is 2.73 bits per heavy atom. The van der Waals surface area contributed by atoms with Crippen LogP contribution in [0.15, 0.2) is 30.5 Å². The van der Waals surface area contributed by atoms with Crippen LogP contribution in [0.5, 0.6) is 5.75 Å². The first-order valence-corrected chi connectivity index (χ1v) is 9.72. The van der Waals surface area contributed by atoms with Crippen LogP contribution in [0.25, 0.3) is 0 Å². The zero-order valence-electron chi connectivity index (χ0n) is 16.2. The first kappa shape index (κ1) is 17.6. The number of nitrogens with one attached hydrogen (secondary N) is 1. The summed E-state index contributed by atoms with van der Waals surface area (Å²) in [6.45, 7) is 4.99. The van der Waals surface area contributed by atoms with E-state index in [0.717, 1.165) is 38.2 Å². The number of nitrogens with zero attached hydrogens (tertiary/aromatic N) is 3. The number of fused-ring (bicyclic) bond motifs is 1. The van der Waals surface area contributed by atoms with Crippen LogP contribution in [0.3, 0.4) is 0 Å². The molecule has 0 radical (unpaired) electrons. The maximum atomic E-state index is 6.69. The van der Waals surface area contributed by atoms with Crippen molar-refractivity contribution in [2.45, 2.75) is 57.3 Å². The molecule has 0 bridgehead atoms. The molecule has 0 amide bonds. The van der Waals surface area contributed by atoms with Gasteiger partial charge in [-0.2, -0.15) is 5.10 Å². The van der Waals surface area contributed by atoms with Crippen molar-refractivity contribution in [1.29, 1.82) is 0 Å². The van der Waals surface area contributed by atoms with Crippen LogP contribution in [0, 0.1) is 6.92 Å². The zero-order valence-corrected chi connectivity index (χ0v) is 16.2. The molecule has 1 spiro atoms. The highest BCUT2D eigenvalue weighted by Crippen LogP contribution is 2.38. The third kappa shape index (κ3) is 3.38. The van der Waals surface area contributed by atoms with E-state index in [1.807, 2.05) is 17.9 Å². The number of aromatic nitrogens is 2. The summed E-state index contributed by atoms with van der Waals surface area (Å²) in [5, 5.41) is 7.87. The fraction of sp³-hybridized carbons (Fsp3) is 0.571. The molecule has 0 unspecified atom stereocenters. The van der Waals surface area contributed by atoms with Crippen LogP contribution in [-0.4, -0.2) is 39.9 Å². The minimum absolute atomic E-state index is 0.0733. The molecule has 1 fully saturated rings. The van der Waals surface area contributed by atoms with Crippen LogP contribution in [-0.2, 0) is 20.1 Å². The lowest BCUT2D eigenvalue weighted by atomic mass is 9.81. The van der Waals surface area contributed by atoms with Gasteiger partial charge in [0.1, 0.15) is 11.4 Å². The smallest absolute Gasteiger partial charge is 0.124 e. The van der Waals surface area contributed by atoms with Crippen molar-refractivity contribution in [2.24, 2.45) is 7.05 Å². The fourth-order valence-electron chi connectivity index (χ4n) is 4.45. The van der Waals surface area contributed by atoms with Gasteiger partial charge in [0.2, 0.25) is 0 Å². The van der Waals surface area contributed by atoms with E-state index in [2.05, 4.69) is 53.6 Å². The van der Waals surface area contributed by atoms with Crippen molar-refractivity contribution in [1.82, 2.24) is 20.0 Å². The van der Waals surface area contributed by atoms with Crippen molar-refractivity contribution in [2.75, 3.05) is 13.6 Å². The summed E-state index contributed by atoms with van der Waals surface area (Å²) < 4.78 is 8.66. The van der Waals surface area contributed by atoms with Crippen molar-refractivity contribution in [3.05, 3.63) is 47.3 Å². The van der Waals surface area contributed by atoms with Gasteiger partial charge >= 0.3 is 0 Å². The van der Waals surface area contributed by atoms with Crippen molar-refractivity contribution in [3.8, 4) is 5.75 Å². The lowest BCUT2D eigenvalue weighted by molar-refractivity contribution is -0.00325. The molecule has 0 saturated heterocycles. The first-order chi connectivity index (χ1) is 12.6. The molecule has 2 aliphatic rings. The molecule has 1 aliphatic heterocycles. The molecule has 2 aromatic rings. The second-order valence-corrected chi connectivity index (χ2v) is 7.98. The standard InChI is InChI=1S/C21H30N4O/c1-16-18(12-23-24(16)3)14-25-13-17-6-4-5-7-20(17)26-21(15-25)10-8-19(22-2)9-11-21/h4-7,12,19,22H,8-11,13-15H2,1-3H3. The number of hydrogen-bond donors (Lipinski definition) is 1. The molecule has 2 heterocycles. The summed E-state index contributed by atoms with van der Waals surface area (Å²) in [6.07, 6.45) is 6.58. The molecule has 4 rings (SSSR count). The fourth-order valence-corrected chi connectivity index (χ4v) is 4.45. The van der Waals surface area contributed by atoms with Gasteiger partial charge in [0.15, 0.2) is 0 Å². The van der Waals surface area contributed by atoms with Gasteiger partial charge in [0.05, 0.1) is 6.20 Å². The van der Waals surface area contributed by atoms with E-state index in [4.69, 9.17) is 4.74 Å². The van der Waals surface area contributed by atoms with E-state index in [9.17, 15) is 0 Å². The second-order valence-electron chi connectivity index (χ2n) is 7.98. The van der Waals surface area contributed by atoms with Gasteiger partial charge in [-0.15, -0.1) is 0 Å². The van der Waals surface area contributed by atoms with E-state index < -0.39 is 0 Å². The lowest BCUT2D eigenvalue weighted by Crippen LogP contribution is -2.50. The Bertz CT molecular complexity index is 761. The summed E-state index contributed by atoms with van der Waals surface area (Å²) in [5.74, 6) is 1.07. The highest BCUT2D eigenvalue weighted by atomic mass is 16.5. The average Bonchev–Trinajstić information content (AvgIpc) is 2.88. The molecule has 1 aliphatic carbocycles. The number of rotatable bonds is 3. The van der Waals surface area contributed by atoms with Gasteiger partial charge in [-0.1, -0.05) is 18.2 Å². The number of aryl methyl sites for hydroxylation is 1. The highest BCUT2D eigenvalue weighted by Gasteiger charge is 2.40. The summed E-state index contributed by atoms with van der Waals surface area (Å²) in [7, 11) is 4.09. The molecule has 5 heteroatoms. The Morgan fingerprint density at radius 2 is 2.04 bits per heavy atom. The Kier molecular flexibility index (Phi) is 4.76. The van der Waals surface area contributed by atoms with Crippen LogP contribution >= 0.6 is 0 Å². The van der Waals surface area contributed by atoms with Crippen LogP contribution in [0.2, 0.25) is 0 Å². The number of benzene rings is 1. The van der Waals surface area contributed by atoms with Gasteiger partial charge < -0.3 is 10.1 Å². The molecule has 26 heavy (non-hydrogen) atoms. The SMILES string of the molecule is CNC1CCC2(CC1)CN(Cc1cnn(C)c1C)Cc1ccccc1O2. The van der Waals surface area contributed by atoms with Crippen molar-refractivity contribution in [3.63, 3.8) is 0 Å². The quantitative estimate of drug-likeness (QED) is 0.920. The van der Waals surface area contributed by atoms with Crippen LogP contribution in [0.4, 0.5) is 0 Å². The first-order valence-electron chi connectivity index (χ1n) is 9.72. The van der Waals surface area contributed by atoms with Gasteiger partial charge in [-0.05, 0) is 45.7 Å². The second kappa shape index (κ2) is 7.05. The predicted molar refractivity (Wildman–Crippen MR) is 103 cm³/mol. The zero-order chi connectivity index (χ0) is 18.1. The summed E-state index contributed by atoms with van der Waals surface area (Å²) in [6, 6.07) is 9.17. The van der Waals surface area contributed by atoms with E-state index >= 15 is 0 Å². The predicted octanol–water partition coefficient (Wildman–Crippen LogP) is 3.02. The van der Waals surface area contributed by atoms with Crippen molar-refractivity contribution >= 4 is 0 Å². The van der Waals surface area contributed by atoms with Gasteiger partial charge in [0.25, 0.3) is 0 Å². The Balaban J connectivity index is 1.61. The third-order valence-corrected chi connectivity index (χ3v) is 6.24. The van der Waals surface area contributed by atoms with Gasteiger partial charge in [0, 0.05) is 49.5 Å². The Morgan fingerprint density at radius 1 is 1.27 bits per heavy atom. The van der Waals surface area contributed by atoms with E-state index in [1.54, 1.807) is 0 Å². The molecule has 1 aromatic carbocycles. The molecular weight excluding hydrogens is 324 g/mol. The Hall–Kier alpha value is -1.85. The molecule has 1 saturated carbocycles. The van der Waals surface area contributed by atoms with Crippen LogP contribution in [0.1, 0.15) is 42.5 Å². The molecule has 1 aromatic heterocycles. The number of ether oxygens (including phenoxy) is 1. The number of hydrogen-bond acceptors (Lipinski definition) is 4. The van der Waals surface area contributed by atoms with Gasteiger partial charge in [-0.3, -0.25) is 9.58 Å². The number of para-hydroxylation sites is 1. The Labute approximate surface area is 156 Å². The molecule has 0 atom stereocenters. The van der Waals surface area contributed by atoms with Crippen LogP contribution < -0.4 is 10.1 Å². The van der Waals surface area contributed by atoms with E-state index in [0.29, 0.717) is 6.04 Å². The monoisotopic (exact) mass is 354 g/mol. The maximum Gasteiger partial charge on any atom is 0.124 e. The minimum atomic E-state index is -0.0733. The third-order valence-electron chi connectivity index (χ3n) is 6.24. The summed E-state index contributed by atoms with van der Waals surface area (Å²) in [5.41, 5.74) is 3.78. The molecular formula is C21H30N4O. The molecule has 1 N–H and O–H groups in total. The lowest BCUT2D eigenvalue weighted by Gasteiger charge is -2.41. The topological polar surface area (TPSA) is 42.3 Å². The molecule has 140 valence electrons. The van der Waals surface area contributed by atoms with Crippen molar-refractivity contribution < 1.29 is 4.74 Å². The average molecular weight is 354 g/mol.